The van der Waals surface area contributed by atoms with Crippen molar-refractivity contribution in [1.82, 2.24) is 20.2 Å². The molecule has 1 aromatic heterocycles. The maximum absolute atomic E-state index is 12.3. The van der Waals surface area contributed by atoms with Gasteiger partial charge in [-0.2, -0.15) is 0 Å². The van der Waals surface area contributed by atoms with Crippen molar-refractivity contribution in [1.29, 1.82) is 0 Å². The number of nitrogens with one attached hydrogen (secondary N) is 1. The summed E-state index contributed by atoms with van der Waals surface area (Å²) in [6.07, 6.45) is 5.23. The highest BCUT2D eigenvalue weighted by atomic mass is 16.1. The van der Waals surface area contributed by atoms with Crippen LogP contribution in [0.25, 0.3) is 0 Å². The third-order valence-corrected chi connectivity index (χ3v) is 4.32. The van der Waals surface area contributed by atoms with Gasteiger partial charge in [0.2, 0.25) is 0 Å². The number of piperidine rings is 1. The van der Waals surface area contributed by atoms with Gasteiger partial charge < -0.3 is 10.2 Å². The minimum atomic E-state index is -0.0584. The first kappa shape index (κ1) is 16.9. The van der Waals surface area contributed by atoms with Gasteiger partial charge in [-0.25, -0.2) is 9.97 Å². The molecular weight excluding hydrogens is 276 g/mol. The fourth-order valence-electron chi connectivity index (χ4n) is 2.98. The van der Waals surface area contributed by atoms with Gasteiger partial charge in [-0.1, -0.05) is 13.8 Å². The van der Waals surface area contributed by atoms with E-state index in [2.05, 4.69) is 41.1 Å². The number of likely N-dealkylation sites (tertiary alicyclic amines) is 1. The first-order valence-corrected chi connectivity index (χ1v) is 8.27. The molecule has 5 heteroatoms. The Labute approximate surface area is 133 Å². The zero-order valence-electron chi connectivity index (χ0n) is 14.2. The van der Waals surface area contributed by atoms with Crippen molar-refractivity contribution in [2.24, 2.45) is 5.92 Å². The van der Waals surface area contributed by atoms with Crippen LogP contribution in [0.5, 0.6) is 0 Å². The fraction of sp³-hybridized carbons (Fsp3) is 0.706. The first-order valence-electron chi connectivity index (χ1n) is 8.27. The highest BCUT2D eigenvalue weighted by Gasteiger charge is 2.18. The maximum atomic E-state index is 12.3. The highest BCUT2D eigenvalue weighted by molar-refractivity contribution is 5.94. The summed E-state index contributed by atoms with van der Waals surface area (Å²) in [5.41, 5.74) is 1.35. The minimum absolute atomic E-state index is 0.0584. The second-order valence-electron chi connectivity index (χ2n) is 6.70. The van der Waals surface area contributed by atoms with Gasteiger partial charge in [-0.05, 0) is 45.7 Å². The Bertz CT molecular complexity index is 515. The third kappa shape index (κ3) is 4.50. The van der Waals surface area contributed by atoms with Crippen molar-refractivity contribution in [2.75, 3.05) is 26.7 Å². The van der Waals surface area contributed by atoms with Crippen LogP contribution in [0.3, 0.4) is 0 Å². The molecule has 1 saturated heterocycles. The van der Waals surface area contributed by atoms with Crippen molar-refractivity contribution in [3.63, 3.8) is 0 Å². The molecule has 0 spiro atoms. The quantitative estimate of drug-likeness (QED) is 0.907. The van der Waals surface area contributed by atoms with E-state index >= 15 is 0 Å². The van der Waals surface area contributed by atoms with E-state index in [1.165, 1.54) is 19.4 Å². The summed E-state index contributed by atoms with van der Waals surface area (Å²) in [6.45, 7) is 9.04. The molecule has 1 atom stereocenters. The zero-order chi connectivity index (χ0) is 16.1. The Morgan fingerprint density at radius 1 is 1.50 bits per heavy atom. The Hall–Kier alpha value is -1.49. The van der Waals surface area contributed by atoms with Crippen LogP contribution in [0, 0.1) is 12.8 Å². The van der Waals surface area contributed by atoms with E-state index in [1.807, 2.05) is 6.92 Å². The Kier molecular flexibility index (Phi) is 5.89. The van der Waals surface area contributed by atoms with Gasteiger partial charge in [0.1, 0.15) is 5.82 Å². The lowest BCUT2D eigenvalue weighted by Gasteiger charge is -2.29. The van der Waals surface area contributed by atoms with Crippen molar-refractivity contribution < 1.29 is 4.79 Å². The van der Waals surface area contributed by atoms with E-state index in [0.717, 1.165) is 31.0 Å². The summed E-state index contributed by atoms with van der Waals surface area (Å²) in [7, 11) is 2.17. The molecular formula is C17H28N4O. The number of carbonyl (C=O) groups excluding carboxylic acids is 1. The summed E-state index contributed by atoms with van der Waals surface area (Å²) in [5, 5.41) is 3.01. The number of amides is 1. The van der Waals surface area contributed by atoms with E-state index in [0.29, 0.717) is 11.5 Å². The van der Waals surface area contributed by atoms with Crippen molar-refractivity contribution in [3.8, 4) is 0 Å². The zero-order valence-corrected chi connectivity index (χ0v) is 14.2. The first-order chi connectivity index (χ1) is 10.5. The SMILES string of the molecule is Cc1nc(C(C)C)ncc1C(=O)NCC[C@H]1CCCN(C)C1. The van der Waals surface area contributed by atoms with Gasteiger partial charge in [0.15, 0.2) is 0 Å². The molecule has 122 valence electrons. The van der Waals surface area contributed by atoms with Gasteiger partial charge in [-0.15, -0.1) is 0 Å². The number of nitrogens with zero attached hydrogens (tertiary/aromatic N) is 3. The molecule has 2 heterocycles. The molecule has 1 amide bonds. The summed E-state index contributed by atoms with van der Waals surface area (Å²) >= 11 is 0. The number of hydrogen-bond donors (Lipinski definition) is 1. The highest BCUT2D eigenvalue weighted by Crippen LogP contribution is 2.18. The topological polar surface area (TPSA) is 58.1 Å². The Balaban J connectivity index is 1.84. The fourth-order valence-corrected chi connectivity index (χ4v) is 2.98. The van der Waals surface area contributed by atoms with E-state index in [-0.39, 0.29) is 11.8 Å². The summed E-state index contributed by atoms with van der Waals surface area (Å²) in [6, 6.07) is 0. The van der Waals surface area contributed by atoms with Crippen LogP contribution in [-0.2, 0) is 0 Å². The van der Waals surface area contributed by atoms with Gasteiger partial charge in [0.05, 0.1) is 11.3 Å². The van der Waals surface area contributed by atoms with E-state index in [9.17, 15) is 4.79 Å². The normalized spacial score (nSPS) is 19.4. The molecule has 2 rings (SSSR count). The largest absolute Gasteiger partial charge is 0.352 e. The molecule has 22 heavy (non-hydrogen) atoms. The van der Waals surface area contributed by atoms with Crippen LogP contribution in [0.4, 0.5) is 0 Å². The molecule has 1 aliphatic heterocycles. The van der Waals surface area contributed by atoms with Crippen molar-refractivity contribution >= 4 is 5.91 Å². The maximum Gasteiger partial charge on any atom is 0.254 e. The molecule has 0 unspecified atom stereocenters. The molecule has 1 fully saturated rings. The lowest BCUT2D eigenvalue weighted by molar-refractivity contribution is 0.0947. The van der Waals surface area contributed by atoms with Crippen LogP contribution in [-0.4, -0.2) is 47.5 Å². The van der Waals surface area contributed by atoms with Gasteiger partial charge in [-0.3, -0.25) is 4.79 Å². The van der Waals surface area contributed by atoms with Crippen LogP contribution >= 0.6 is 0 Å². The molecule has 1 N–H and O–H groups in total. The summed E-state index contributed by atoms with van der Waals surface area (Å²) in [4.78, 5) is 23.3. The number of aryl methyl sites for hydroxylation is 1. The molecule has 0 radical (unpaired) electrons. The average molecular weight is 304 g/mol. The van der Waals surface area contributed by atoms with Gasteiger partial charge in [0.25, 0.3) is 5.91 Å². The number of hydrogen-bond acceptors (Lipinski definition) is 4. The lowest BCUT2D eigenvalue weighted by atomic mass is 9.95. The average Bonchev–Trinajstić information content (AvgIpc) is 2.47. The third-order valence-electron chi connectivity index (χ3n) is 4.32. The van der Waals surface area contributed by atoms with E-state index in [4.69, 9.17) is 0 Å². The predicted octanol–water partition coefficient (Wildman–Crippen LogP) is 2.37. The predicted molar refractivity (Wildman–Crippen MR) is 88.0 cm³/mol. The monoisotopic (exact) mass is 304 g/mol. The number of carbonyl (C=O) groups is 1. The molecule has 0 aliphatic carbocycles. The number of rotatable bonds is 5. The molecule has 0 aromatic carbocycles. The molecule has 1 aliphatic rings. The summed E-state index contributed by atoms with van der Waals surface area (Å²) in [5.74, 6) is 1.70. The minimum Gasteiger partial charge on any atom is -0.352 e. The van der Waals surface area contributed by atoms with Crippen LogP contribution in [0.1, 0.15) is 60.9 Å². The second kappa shape index (κ2) is 7.68. The molecule has 0 saturated carbocycles. The van der Waals surface area contributed by atoms with Crippen molar-refractivity contribution in [3.05, 3.63) is 23.3 Å². The van der Waals surface area contributed by atoms with Gasteiger partial charge >= 0.3 is 0 Å². The Morgan fingerprint density at radius 3 is 2.91 bits per heavy atom. The smallest absolute Gasteiger partial charge is 0.254 e. The molecule has 5 nitrogen and oxygen atoms in total. The van der Waals surface area contributed by atoms with Crippen LogP contribution in [0.2, 0.25) is 0 Å². The Morgan fingerprint density at radius 2 is 2.27 bits per heavy atom. The molecule has 1 aromatic rings. The van der Waals surface area contributed by atoms with E-state index < -0.39 is 0 Å². The van der Waals surface area contributed by atoms with Gasteiger partial charge in [0, 0.05) is 25.2 Å². The summed E-state index contributed by atoms with van der Waals surface area (Å²) < 4.78 is 0. The second-order valence-corrected chi connectivity index (χ2v) is 6.70. The lowest BCUT2D eigenvalue weighted by Crippen LogP contribution is -2.34. The number of aromatic nitrogens is 2. The molecule has 0 bridgehead atoms. The standard InChI is InChI=1S/C17H28N4O/c1-12(2)16-19-10-15(13(3)20-16)17(22)18-8-7-14-6-5-9-21(4)11-14/h10,12,14H,5-9,11H2,1-4H3,(H,18,22)/t14-/m1/s1. The van der Waals surface area contributed by atoms with Crippen molar-refractivity contribution in [2.45, 2.75) is 46.0 Å². The van der Waals surface area contributed by atoms with Crippen LogP contribution in [0.15, 0.2) is 6.20 Å². The van der Waals surface area contributed by atoms with Crippen LogP contribution < -0.4 is 5.32 Å². The van der Waals surface area contributed by atoms with E-state index in [1.54, 1.807) is 6.20 Å².